The summed E-state index contributed by atoms with van der Waals surface area (Å²) in [6.07, 6.45) is 3.56. The normalized spacial score (nSPS) is 10.6. The van der Waals surface area contributed by atoms with Gasteiger partial charge in [-0.15, -0.1) is 5.10 Å². The van der Waals surface area contributed by atoms with E-state index < -0.39 is 0 Å². The number of para-hydroxylation sites is 1. The Morgan fingerprint density at radius 2 is 2.12 bits per heavy atom. The van der Waals surface area contributed by atoms with Crippen LogP contribution in [0, 0.1) is 0 Å². The molecule has 1 aromatic heterocycles. The number of rotatable bonds is 4. The molecule has 0 atom stereocenters. The third-order valence-corrected chi connectivity index (χ3v) is 2.62. The van der Waals surface area contributed by atoms with Gasteiger partial charge in [-0.25, -0.2) is 4.68 Å². The van der Waals surface area contributed by atoms with Crippen molar-refractivity contribution in [2.75, 3.05) is 6.54 Å². The molecule has 0 unspecified atom stereocenters. The fraction of sp³-hybridized carbons (Fsp3) is 0.333. The minimum absolute atomic E-state index is 0.613. The molecule has 0 aliphatic carbocycles. The largest absolute Gasteiger partial charge is 0.330 e. The van der Waals surface area contributed by atoms with Gasteiger partial charge in [0.15, 0.2) is 0 Å². The van der Waals surface area contributed by atoms with E-state index in [0.29, 0.717) is 6.54 Å². The van der Waals surface area contributed by atoms with Gasteiger partial charge >= 0.3 is 0 Å². The van der Waals surface area contributed by atoms with Crippen molar-refractivity contribution in [3.63, 3.8) is 0 Å². The fourth-order valence-corrected chi connectivity index (χ4v) is 1.79. The van der Waals surface area contributed by atoms with Gasteiger partial charge in [-0.1, -0.05) is 30.3 Å². The van der Waals surface area contributed by atoms with Crippen LogP contribution in [0.2, 0.25) is 0 Å². The Morgan fingerprint density at radius 1 is 1.31 bits per heavy atom. The second-order valence-corrected chi connectivity index (χ2v) is 3.66. The van der Waals surface area contributed by atoms with Gasteiger partial charge in [-0.3, -0.25) is 0 Å². The van der Waals surface area contributed by atoms with Crippen LogP contribution in [0.4, 0.5) is 0 Å². The average Bonchev–Trinajstić information content (AvgIpc) is 2.77. The molecule has 4 nitrogen and oxygen atoms in total. The summed E-state index contributed by atoms with van der Waals surface area (Å²) in [4.78, 5) is 0. The summed E-state index contributed by atoms with van der Waals surface area (Å²) < 4.78 is 1.88. The number of nitrogens with two attached hydrogens (primary N) is 1. The number of aromatic nitrogens is 3. The lowest BCUT2D eigenvalue weighted by Crippen LogP contribution is -2.10. The molecule has 0 amide bonds. The number of benzene rings is 1. The molecule has 2 N–H and O–H groups in total. The van der Waals surface area contributed by atoms with Gasteiger partial charge in [0.1, 0.15) is 0 Å². The lowest BCUT2D eigenvalue weighted by Gasteiger charge is -2.09. The summed E-state index contributed by atoms with van der Waals surface area (Å²) in [5.74, 6) is 0. The minimum Gasteiger partial charge on any atom is -0.330 e. The number of hydrogen-bond acceptors (Lipinski definition) is 3. The van der Waals surface area contributed by atoms with Crippen LogP contribution in [0.25, 0.3) is 5.69 Å². The van der Waals surface area contributed by atoms with Crippen LogP contribution in [0.5, 0.6) is 0 Å². The minimum atomic E-state index is 0.613. The summed E-state index contributed by atoms with van der Waals surface area (Å²) >= 11 is 0. The molecule has 4 heteroatoms. The molecular formula is C12H16N4. The fourth-order valence-electron chi connectivity index (χ4n) is 1.79. The van der Waals surface area contributed by atoms with Gasteiger partial charge in [0, 0.05) is 6.42 Å². The molecule has 0 saturated heterocycles. The van der Waals surface area contributed by atoms with Crippen molar-refractivity contribution < 1.29 is 0 Å². The van der Waals surface area contributed by atoms with Gasteiger partial charge in [0.2, 0.25) is 0 Å². The molecule has 1 aromatic carbocycles. The van der Waals surface area contributed by atoms with Crippen LogP contribution in [-0.4, -0.2) is 21.5 Å². The first-order chi connectivity index (χ1) is 7.86. The monoisotopic (exact) mass is 216 g/mol. The van der Waals surface area contributed by atoms with Crippen molar-refractivity contribution in [2.45, 2.75) is 19.8 Å². The van der Waals surface area contributed by atoms with E-state index in [1.54, 1.807) is 6.20 Å². The lowest BCUT2D eigenvalue weighted by molar-refractivity contribution is 0.748. The van der Waals surface area contributed by atoms with Crippen LogP contribution >= 0.6 is 0 Å². The van der Waals surface area contributed by atoms with Gasteiger partial charge in [0.05, 0.1) is 17.6 Å². The Bertz CT molecular complexity index is 462. The maximum absolute atomic E-state index is 5.57. The van der Waals surface area contributed by atoms with Gasteiger partial charge in [-0.05, 0) is 24.6 Å². The van der Waals surface area contributed by atoms with Crippen molar-refractivity contribution in [3.8, 4) is 5.69 Å². The number of aryl methyl sites for hydroxylation is 1. The van der Waals surface area contributed by atoms with E-state index in [0.717, 1.165) is 24.2 Å². The molecule has 0 radical (unpaired) electrons. The molecule has 1 heterocycles. The van der Waals surface area contributed by atoms with Crippen LogP contribution in [-0.2, 0) is 12.8 Å². The van der Waals surface area contributed by atoms with Crippen molar-refractivity contribution in [1.29, 1.82) is 0 Å². The Labute approximate surface area is 95.1 Å². The van der Waals surface area contributed by atoms with Crippen LogP contribution in [0.3, 0.4) is 0 Å². The predicted molar refractivity (Wildman–Crippen MR) is 63.5 cm³/mol. The zero-order chi connectivity index (χ0) is 11.4. The molecule has 2 rings (SSSR count). The second kappa shape index (κ2) is 4.90. The molecule has 0 aliphatic heterocycles. The van der Waals surface area contributed by atoms with Crippen LogP contribution in [0.1, 0.15) is 18.2 Å². The topological polar surface area (TPSA) is 56.7 Å². The third kappa shape index (κ3) is 1.97. The Balaban J connectivity index is 2.45. The van der Waals surface area contributed by atoms with E-state index in [4.69, 9.17) is 5.73 Å². The van der Waals surface area contributed by atoms with Crippen LogP contribution < -0.4 is 5.73 Å². The van der Waals surface area contributed by atoms with Crippen molar-refractivity contribution in [2.24, 2.45) is 5.73 Å². The Hall–Kier alpha value is -1.68. The molecular weight excluding hydrogens is 200 g/mol. The highest BCUT2D eigenvalue weighted by Crippen LogP contribution is 2.15. The summed E-state index contributed by atoms with van der Waals surface area (Å²) in [7, 11) is 0. The molecule has 2 aromatic rings. The highest BCUT2D eigenvalue weighted by Gasteiger charge is 2.08. The first-order valence-electron chi connectivity index (χ1n) is 5.54. The second-order valence-electron chi connectivity index (χ2n) is 3.66. The molecule has 84 valence electrons. The summed E-state index contributed by atoms with van der Waals surface area (Å²) in [6.45, 7) is 2.75. The molecule has 0 spiro atoms. The zero-order valence-corrected chi connectivity index (χ0v) is 9.43. The molecule has 0 aliphatic rings. The molecule has 0 bridgehead atoms. The average molecular weight is 216 g/mol. The van der Waals surface area contributed by atoms with Gasteiger partial charge in [-0.2, -0.15) is 0 Å². The van der Waals surface area contributed by atoms with Crippen molar-refractivity contribution in [3.05, 3.63) is 41.7 Å². The highest BCUT2D eigenvalue weighted by atomic mass is 15.4. The van der Waals surface area contributed by atoms with E-state index in [1.807, 2.05) is 16.8 Å². The molecule has 16 heavy (non-hydrogen) atoms. The van der Waals surface area contributed by atoms with Crippen molar-refractivity contribution in [1.82, 2.24) is 15.0 Å². The maximum Gasteiger partial charge on any atom is 0.0730 e. The molecule has 0 fully saturated rings. The predicted octanol–water partition coefficient (Wildman–Crippen LogP) is 1.33. The van der Waals surface area contributed by atoms with Crippen LogP contribution in [0.15, 0.2) is 30.5 Å². The van der Waals surface area contributed by atoms with Crippen molar-refractivity contribution >= 4 is 0 Å². The SMILES string of the molecule is CCc1ccccc1-n1nncc1CCN. The maximum atomic E-state index is 5.57. The smallest absolute Gasteiger partial charge is 0.0730 e. The van der Waals surface area contributed by atoms with E-state index in [-0.39, 0.29) is 0 Å². The van der Waals surface area contributed by atoms with Gasteiger partial charge < -0.3 is 5.73 Å². The number of nitrogens with zero attached hydrogens (tertiary/aromatic N) is 3. The quantitative estimate of drug-likeness (QED) is 0.838. The zero-order valence-electron chi connectivity index (χ0n) is 9.43. The molecule has 0 saturated carbocycles. The Kier molecular flexibility index (Phi) is 3.31. The number of hydrogen-bond donors (Lipinski definition) is 1. The van der Waals surface area contributed by atoms with E-state index >= 15 is 0 Å². The van der Waals surface area contributed by atoms with E-state index in [1.165, 1.54) is 5.56 Å². The van der Waals surface area contributed by atoms with Gasteiger partial charge in [0.25, 0.3) is 0 Å². The summed E-state index contributed by atoms with van der Waals surface area (Å²) in [5, 5.41) is 8.07. The summed E-state index contributed by atoms with van der Waals surface area (Å²) in [5.41, 5.74) is 9.00. The van der Waals surface area contributed by atoms with E-state index in [9.17, 15) is 0 Å². The first kappa shape index (κ1) is 10.8. The first-order valence-corrected chi connectivity index (χ1v) is 5.54. The van der Waals surface area contributed by atoms with E-state index in [2.05, 4.69) is 29.4 Å². The highest BCUT2D eigenvalue weighted by molar-refractivity contribution is 5.41. The summed E-state index contributed by atoms with van der Waals surface area (Å²) in [6, 6.07) is 8.24. The lowest BCUT2D eigenvalue weighted by atomic mass is 10.1. The Morgan fingerprint density at radius 3 is 2.88 bits per heavy atom. The standard InChI is InChI=1S/C12H16N4/c1-2-10-5-3-4-6-12(10)16-11(7-8-13)9-14-15-16/h3-6,9H,2,7-8,13H2,1H3. The third-order valence-electron chi connectivity index (χ3n) is 2.62.